The molecule has 20 heavy (non-hydrogen) atoms. The lowest BCUT2D eigenvalue weighted by Crippen LogP contribution is -2.45. The number of likely N-dealkylation sites (tertiary alicyclic amines) is 1. The van der Waals surface area contributed by atoms with Crippen LogP contribution in [0.25, 0.3) is 0 Å². The van der Waals surface area contributed by atoms with Crippen molar-refractivity contribution < 1.29 is 8.42 Å². The van der Waals surface area contributed by atoms with Gasteiger partial charge in [-0.1, -0.05) is 12.1 Å². The van der Waals surface area contributed by atoms with Gasteiger partial charge in [0.2, 0.25) is 10.0 Å². The van der Waals surface area contributed by atoms with Crippen LogP contribution in [-0.2, 0) is 16.6 Å². The van der Waals surface area contributed by atoms with Crippen LogP contribution in [0.1, 0.15) is 25.3 Å². The maximum absolute atomic E-state index is 11.2. The first-order valence-corrected chi connectivity index (χ1v) is 8.46. The molecule has 112 valence electrons. The molecule has 0 saturated carbocycles. The highest BCUT2D eigenvalue weighted by molar-refractivity contribution is 7.89. The molecule has 1 fully saturated rings. The second kappa shape index (κ2) is 6.22. The van der Waals surface area contributed by atoms with E-state index in [1.807, 2.05) is 12.1 Å². The number of primary sulfonamides is 1. The SMILES string of the molecule is CC1CC(NCc2ccc(S(N)(=O)=O)cc2)CCN1C. The first kappa shape index (κ1) is 15.4. The van der Waals surface area contributed by atoms with Crippen LogP contribution < -0.4 is 10.5 Å². The minimum atomic E-state index is -3.59. The van der Waals surface area contributed by atoms with E-state index in [1.165, 1.54) is 0 Å². The number of nitrogens with zero attached hydrogens (tertiary/aromatic N) is 1. The van der Waals surface area contributed by atoms with Crippen LogP contribution in [0.4, 0.5) is 0 Å². The summed E-state index contributed by atoms with van der Waals surface area (Å²) in [4.78, 5) is 2.54. The Morgan fingerprint density at radius 3 is 2.55 bits per heavy atom. The van der Waals surface area contributed by atoms with Crippen molar-refractivity contribution in [1.82, 2.24) is 10.2 Å². The topological polar surface area (TPSA) is 75.4 Å². The normalized spacial score (nSPS) is 24.8. The van der Waals surface area contributed by atoms with Gasteiger partial charge >= 0.3 is 0 Å². The summed E-state index contributed by atoms with van der Waals surface area (Å²) in [7, 11) is -1.43. The van der Waals surface area contributed by atoms with Crippen LogP contribution in [0, 0.1) is 0 Å². The van der Waals surface area contributed by atoms with Crippen LogP contribution in [-0.4, -0.2) is 39.0 Å². The number of nitrogens with two attached hydrogens (primary N) is 1. The molecule has 0 spiro atoms. The molecule has 1 aliphatic heterocycles. The van der Waals surface area contributed by atoms with Gasteiger partial charge in [-0.15, -0.1) is 0 Å². The third kappa shape index (κ3) is 4.02. The van der Waals surface area contributed by atoms with E-state index < -0.39 is 10.0 Å². The van der Waals surface area contributed by atoms with Crippen LogP contribution >= 0.6 is 0 Å². The summed E-state index contributed by atoms with van der Waals surface area (Å²) in [6.07, 6.45) is 2.29. The van der Waals surface area contributed by atoms with E-state index >= 15 is 0 Å². The van der Waals surface area contributed by atoms with Crippen molar-refractivity contribution in [2.24, 2.45) is 5.14 Å². The predicted molar refractivity (Wildman–Crippen MR) is 79.8 cm³/mol. The highest BCUT2D eigenvalue weighted by atomic mass is 32.2. The maximum Gasteiger partial charge on any atom is 0.238 e. The number of hydrogen-bond donors (Lipinski definition) is 2. The molecule has 0 bridgehead atoms. The fraction of sp³-hybridized carbons (Fsp3) is 0.571. The van der Waals surface area contributed by atoms with E-state index in [9.17, 15) is 8.42 Å². The zero-order chi connectivity index (χ0) is 14.8. The van der Waals surface area contributed by atoms with Crippen LogP contribution in [0.5, 0.6) is 0 Å². The van der Waals surface area contributed by atoms with Gasteiger partial charge in [0.15, 0.2) is 0 Å². The monoisotopic (exact) mass is 297 g/mol. The Labute approximate surface area is 121 Å². The highest BCUT2D eigenvalue weighted by Crippen LogP contribution is 2.16. The lowest BCUT2D eigenvalue weighted by Gasteiger charge is -2.35. The van der Waals surface area contributed by atoms with Crippen LogP contribution in [0.3, 0.4) is 0 Å². The molecule has 1 saturated heterocycles. The molecule has 0 radical (unpaired) electrons. The van der Waals surface area contributed by atoms with Gasteiger partial charge in [-0.3, -0.25) is 0 Å². The molecule has 0 aromatic heterocycles. The van der Waals surface area contributed by atoms with E-state index in [-0.39, 0.29) is 4.90 Å². The van der Waals surface area contributed by atoms with Gasteiger partial charge in [-0.05, 0) is 51.1 Å². The second-order valence-electron chi connectivity index (χ2n) is 5.62. The Morgan fingerprint density at radius 1 is 1.35 bits per heavy atom. The smallest absolute Gasteiger partial charge is 0.238 e. The Kier molecular flexibility index (Phi) is 4.80. The lowest BCUT2D eigenvalue weighted by molar-refractivity contribution is 0.168. The van der Waals surface area contributed by atoms with Crippen molar-refractivity contribution in [2.45, 2.75) is 43.3 Å². The van der Waals surface area contributed by atoms with Gasteiger partial charge < -0.3 is 10.2 Å². The zero-order valence-electron chi connectivity index (χ0n) is 12.0. The molecule has 1 heterocycles. The van der Waals surface area contributed by atoms with Crippen molar-refractivity contribution in [3.63, 3.8) is 0 Å². The standard InChI is InChI=1S/C14H23N3O2S/c1-11-9-13(7-8-17(11)2)16-10-12-3-5-14(6-4-12)20(15,18)19/h3-6,11,13,16H,7-10H2,1-2H3,(H2,15,18,19). The molecular formula is C14H23N3O2S. The Morgan fingerprint density at radius 2 is 2.00 bits per heavy atom. The van der Waals surface area contributed by atoms with E-state index in [1.54, 1.807) is 12.1 Å². The summed E-state index contributed by atoms with van der Waals surface area (Å²) in [5.74, 6) is 0. The Hall–Kier alpha value is -0.950. The Bertz CT molecular complexity index is 542. The largest absolute Gasteiger partial charge is 0.310 e. The molecule has 3 N–H and O–H groups in total. The first-order valence-electron chi connectivity index (χ1n) is 6.91. The number of sulfonamides is 1. The Balaban J connectivity index is 1.88. The first-order chi connectivity index (χ1) is 9.36. The molecule has 1 aliphatic rings. The van der Waals surface area contributed by atoms with Gasteiger partial charge in [0.05, 0.1) is 4.90 Å². The highest BCUT2D eigenvalue weighted by Gasteiger charge is 2.22. The molecule has 2 unspecified atom stereocenters. The van der Waals surface area contributed by atoms with E-state index in [2.05, 4.69) is 24.2 Å². The summed E-state index contributed by atoms with van der Waals surface area (Å²) in [6, 6.07) is 7.87. The number of rotatable bonds is 4. The summed E-state index contributed by atoms with van der Waals surface area (Å²) < 4.78 is 22.3. The fourth-order valence-electron chi connectivity index (χ4n) is 2.53. The van der Waals surface area contributed by atoms with Gasteiger partial charge in [0.1, 0.15) is 0 Å². The molecule has 1 aromatic rings. The third-order valence-corrected chi connectivity index (χ3v) is 4.98. The molecule has 1 aromatic carbocycles. The average molecular weight is 297 g/mol. The second-order valence-corrected chi connectivity index (χ2v) is 7.18. The average Bonchev–Trinajstić information content (AvgIpc) is 2.40. The molecule has 5 nitrogen and oxygen atoms in total. The number of hydrogen-bond acceptors (Lipinski definition) is 4. The van der Waals surface area contributed by atoms with Gasteiger partial charge in [-0.2, -0.15) is 0 Å². The zero-order valence-corrected chi connectivity index (χ0v) is 12.9. The van der Waals surface area contributed by atoms with Gasteiger partial charge in [0.25, 0.3) is 0 Å². The fourth-order valence-corrected chi connectivity index (χ4v) is 3.05. The summed E-state index contributed by atoms with van der Waals surface area (Å²) in [5.41, 5.74) is 1.07. The molecular weight excluding hydrogens is 274 g/mol. The van der Waals surface area contributed by atoms with E-state index in [4.69, 9.17) is 5.14 Å². The molecule has 2 rings (SSSR count). The molecule has 2 atom stereocenters. The molecule has 0 aliphatic carbocycles. The van der Waals surface area contributed by atoms with Crippen molar-refractivity contribution in [3.05, 3.63) is 29.8 Å². The van der Waals surface area contributed by atoms with Crippen LogP contribution in [0.15, 0.2) is 29.2 Å². The van der Waals surface area contributed by atoms with Crippen molar-refractivity contribution in [1.29, 1.82) is 0 Å². The third-order valence-electron chi connectivity index (χ3n) is 4.06. The van der Waals surface area contributed by atoms with Crippen LogP contribution in [0.2, 0.25) is 0 Å². The van der Waals surface area contributed by atoms with Crippen molar-refractivity contribution in [3.8, 4) is 0 Å². The molecule has 0 amide bonds. The number of piperidine rings is 1. The number of benzene rings is 1. The number of nitrogens with one attached hydrogen (secondary N) is 1. The maximum atomic E-state index is 11.2. The predicted octanol–water partition coefficient (Wildman–Crippen LogP) is 0.906. The minimum absolute atomic E-state index is 0.161. The van der Waals surface area contributed by atoms with Crippen molar-refractivity contribution in [2.75, 3.05) is 13.6 Å². The summed E-state index contributed by atoms with van der Waals surface area (Å²) in [6.45, 7) is 4.12. The summed E-state index contributed by atoms with van der Waals surface area (Å²) >= 11 is 0. The van der Waals surface area contributed by atoms with E-state index in [0.717, 1.165) is 31.5 Å². The van der Waals surface area contributed by atoms with Gasteiger partial charge in [-0.25, -0.2) is 13.6 Å². The lowest BCUT2D eigenvalue weighted by atomic mass is 9.99. The van der Waals surface area contributed by atoms with E-state index in [0.29, 0.717) is 12.1 Å². The minimum Gasteiger partial charge on any atom is -0.310 e. The van der Waals surface area contributed by atoms with Crippen molar-refractivity contribution >= 4 is 10.0 Å². The van der Waals surface area contributed by atoms with Gasteiger partial charge in [0, 0.05) is 18.6 Å². The summed E-state index contributed by atoms with van der Waals surface area (Å²) in [5, 5.41) is 8.62. The quantitative estimate of drug-likeness (QED) is 0.866. The molecule has 6 heteroatoms.